The van der Waals surface area contributed by atoms with Crippen LogP contribution >= 0.6 is 11.6 Å². The molecule has 1 fully saturated rings. The molecule has 2 rings (SSSR count). The van der Waals surface area contributed by atoms with E-state index in [0.29, 0.717) is 6.61 Å². The molecule has 3 nitrogen and oxygen atoms in total. The van der Waals surface area contributed by atoms with Crippen LogP contribution in [0.3, 0.4) is 0 Å². The number of halogens is 1. The molecule has 2 unspecified atom stereocenters. The Morgan fingerprint density at radius 2 is 2.22 bits per heavy atom. The van der Waals surface area contributed by atoms with Crippen LogP contribution in [0.1, 0.15) is 12.5 Å². The number of hydrogen-bond donors (Lipinski definition) is 1. The minimum absolute atomic E-state index is 0.0377. The van der Waals surface area contributed by atoms with Crippen molar-refractivity contribution in [1.82, 2.24) is 4.90 Å². The Hall–Kier alpha value is -0.610. The van der Waals surface area contributed by atoms with E-state index in [1.165, 1.54) is 0 Å². The van der Waals surface area contributed by atoms with Gasteiger partial charge in [-0.25, -0.2) is 0 Å². The van der Waals surface area contributed by atoms with Gasteiger partial charge in [-0.05, 0) is 18.7 Å². The molecule has 1 aliphatic heterocycles. The van der Waals surface area contributed by atoms with E-state index in [9.17, 15) is 0 Å². The maximum absolute atomic E-state index is 6.17. The SMILES string of the molecule is CN(Cc1ccccc1Cl)CC1(C)COCC1N. The second-order valence-electron chi connectivity index (χ2n) is 5.54. The number of rotatable bonds is 4. The van der Waals surface area contributed by atoms with Crippen molar-refractivity contribution in [3.05, 3.63) is 34.9 Å². The molecule has 0 amide bonds. The molecule has 18 heavy (non-hydrogen) atoms. The Morgan fingerprint density at radius 3 is 2.83 bits per heavy atom. The van der Waals surface area contributed by atoms with Gasteiger partial charge in [0.05, 0.1) is 13.2 Å². The first kappa shape index (κ1) is 13.8. The zero-order chi connectivity index (χ0) is 13.2. The van der Waals surface area contributed by atoms with E-state index in [4.69, 9.17) is 22.1 Å². The monoisotopic (exact) mass is 268 g/mol. The molecule has 1 saturated heterocycles. The zero-order valence-corrected chi connectivity index (χ0v) is 11.8. The van der Waals surface area contributed by atoms with E-state index >= 15 is 0 Å². The molecule has 0 bridgehead atoms. The van der Waals surface area contributed by atoms with Crippen LogP contribution in [0, 0.1) is 5.41 Å². The molecule has 4 heteroatoms. The summed E-state index contributed by atoms with van der Waals surface area (Å²) in [7, 11) is 2.10. The minimum Gasteiger partial charge on any atom is -0.379 e. The maximum atomic E-state index is 6.17. The van der Waals surface area contributed by atoms with E-state index in [1.54, 1.807) is 0 Å². The molecule has 2 atom stereocenters. The van der Waals surface area contributed by atoms with Crippen LogP contribution < -0.4 is 5.73 Å². The van der Waals surface area contributed by atoms with Crippen LogP contribution in [0.2, 0.25) is 5.02 Å². The molecular weight excluding hydrogens is 248 g/mol. The lowest BCUT2D eigenvalue weighted by Crippen LogP contribution is -2.45. The Balaban J connectivity index is 1.97. The first-order valence-electron chi connectivity index (χ1n) is 6.26. The van der Waals surface area contributed by atoms with E-state index < -0.39 is 0 Å². The highest BCUT2D eigenvalue weighted by molar-refractivity contribution is 6.31. The molecule has 1 heterocycles. The summed E-state index contributed by atoms with van der Waals surface area (Å²) >= 11 is 6.17. The van der Waals surface area contributed by atoms with Crippen molar-refractivity contribution in [2.45, 2.75) is 19.5 Å². The van der Waals surface area contributed by atoms with Gasteiger partial charge in [-0.1, -0.05) is 36.7 Å². The lowest BCUT2D eigenvalue weighted by atomic mass is 9.85. The van der Waals surface area contributed by atoms with Gasteiger partial charge in [-0.3, -0.25) is 0 Å². The van der Waals surface area contributed by atoms with Crippen LogP contribution in [0.5, 0.6) is 0 Å². The summed E-state index contributed by atoms with van der Waals surface area (Å²) in [5, 5.41) is 0.821. The maximum Gasteiger partial charge on any atom is 0.0624 e. The number of benzene rings is 1. The van der Waals surface area contributed by atoms with Crippen molar-refractivity contribution < 1.29 is 4.74 Å². The predicted molar refractivity (Wildman–Crippen MR) is 74.7 cm³/mol. The van der Waals surface area contributed by atoms with E-state index in [2.05, 4.69) is 24.9 Å². The standard InChI is InChI=1S/C14H21ClN2O/c1-14(10-18-8-13(14)16)9-17(2)7-11-5-3-4-6-12(11)15/h3-6,13H,7-10,16H2,1-2H3. The van der Waals surface area contributed by atoms with E-state index in [1.807, 2.05) is 18.2 Å². The molecule has 1 aromatic carbocycles. The van der Waals surface area contributed by atoms with E-state index in [-0.39, 0.29) is 11.5 Å². The fourth-order valence-electron chi connectivity index (χ4n) is 2.48. The highest BCUT2D eigenvalue weighted by atomic mass is 35.5. The molecule has 0 aromatic heterocycles. The van der Waals surface area contributed by atoms with Crippen LogP contribution in [0.25, 0.3) is 0 Å². The smallest absolute Gasteiger partial charge is 0.0624 e. The summed E-state index contributed by atoms with van der Waals surface area (Å²) in [6.07, 6.45) is 0. The molecule has 0 aliphatic carbocycles. The molecule has 2 N–H and O–H groups in total. The van der Waals surface area contributed by atoms with Crippen molar-refractivity contribution >= 4 is 11.6 Å². The van der Waals surface area contributed by atoms with Gasteiger partial charge in [0.25, 0.3) is 0 Å². The highest BCUT2D eigenvalue weighted by Gasteiger charge is 2.38. The third-order valence-corrected chi connectivity index (χ3v) is 4.02. The first-order valence-corrected chi connectivity index (χ1v) is 6.64. The van der Waals surface area contributed by atoms with Crippen molar-refractivity contribution in [3.8, 4) is 0 Å². The molecule has 0 radical (unpaired) electrons. The Morgan fingerprint density at radius 1 is 1.50 bits per heavy atom. The van der Waals surface area contributed by atoms with Gasteiger partial charge in [0, 0.05) is 29.6 Å². The number of nitrogens with two attached hydrogens (primary N) is 1. The van der Waals surface area contributed by atoms with Gasteiger partial charge in [0.2, 0.25) is 0 Å². The fourth-order valence-corrected chi connectivity index (χ4v) is 2.68. The molecule has 0 saturated carbocycles. The summed E-state index contributed by atoms with van der Waals surface area (Å²) in [5.74, 6) is 0. The van der Waals surface area contributed by atoms with E-state index in [0.717, 1.165) is 30.3 Å². The average Bonchev–Trinajstić information content (AvgIpc) is 2.62. The number of hydrogen-bond acceptors (Lipinski definition) is 3. The molecule has 1 aliphatic rings. The highest BCUT2D eigenvalue weighted by Crippen LogP contribution is 2.28. The van der Waals surface area contributed by atoms with Crippen LogP contribution in [-0.2, 0) is 11.3 Å². The van der Waals surface area contributed by atoms with Crippen molar-refractivity contribution in [2.24, 2.45) is 11.1 Å². The Kier molecular flexibility index (Phi) is 4.28. The summed E-state index contributed by atoms with van der Waals surface area (Å²) in [4.78, 5) is 2.26. The minimum atomic E-state index is 0.0377. The van der Waals surface area contributed by atoms with Gasteiger partial charge >= 0.3 is 0 Å². The number of ether oxygens (including phenoxy) is 1. The van der Waals surface area contributed by atoms with Crippen molar-refractivity contribution in [3.63, 3.8) is 0 Å². The van der Waals surface area contributed by atoms with Gasteiger partial charge in [0.1, 0.15) is 0 Å². The van der Waals surface area contributed by atoms with Gasteiger partial charge in [0.15, 0.2) is 0 Å². The third-order valence-electron chi connectivity index (χ3n) is 3.65. The van der Waals surface area contributed by atoms with Crippen molar-refractivity contribution in [2.75, 3.05) is 26.8 Å². The predicted octanol–water partition coefficient (Wildman–Crippen LogP) is 2.14. The quantitative estimate of drug-likeness (QED) is 0.909. The largest absolute Gasteiger partial charge is 0.379 e. The molecular formula is C14H21ClN2O. The lowest BCUT2D eigenvalue weighted by molar-refractivity contribution is 0.128. The first-order chi connectivity index (χ1) is 8.51. The second kappa shape index (κ2) is 5.57. The summed E-state index contributed by atoms with van der Waals surface area (Å²) in [6, 6.07) is 8.07. The topological polar surface area (TPSA) is 38.5 Å². The number of nitrogens with zero attached hydrogens (tertiary/aromatic N) is 1. The molecule has 0 spiro atoms. The van der Waals surface area contributed by atoms with Crippen molar-refractivity contribution in [1.29, 1.82) is 0 Å². The third kappa shape index (κ3) is 3.04. The zero-order valence-electron chi connectivity index (χ0n) is 11.0. The van der Waals surface area contributed by atoms with Gasteiger partial charge < -0.3 is 15.4 Å². The summed E-state index contributed by atoms with van der Waals surface area (Å²) in [6.45, 7) is 5.34. The van der Waals surface area contributed by atoms with Crippen LogP contribution in [0.15, 0.2) is 24.3 Å². The summed E-state index contributed by atoms with van der Waals surface area (Å²) < 4.78 is 5.47. The lowest BCUT2D eigenvalue weighted by Gasteiger charge is -2.32. The average molecular weight is 269 g/mol. The molecule has 100 valence electrons. The van der Waals surface area contributed by atoms with Crippen LogP contribution in [0.4, 0.5) is 0 Å². The summed E-state index contributed by atoms with van der Waals surface area (Å²) in [5.41, 5.74) is 7.30. The Labute approximate surface area is 114 Å². The van der Waals surface area contributed by atoms with Crippen LogP contribution in [-0.4, -0.2) is 37.7 Å². The fraction of sp³-hybridized carbons (Fsp3) is 0.571. The molecule has 1 aromatic rings. The van der Waals surface area contributed by atoms with Gasteiger partial charge in [-0.2, -0.15) is 0 Å². The second-order valence-corrected chi connectivity index (χ2v) is 5.95. The normalized spacial score (nSPS) is 27.9. The van der Waals surface area contributed by atoms with Gasteiger partial charge in [-0.15, -0.1) is 0 Å². The Bertz CT molecular complexity index is 413.